The van der Waals surface area contributed by atoms with Crippen LogP contribution in [0.2, 0.25) is 0 Å². The molecule has 0 radical (unpaired) electrons. The first kappa shape index (κ1) is 8.60. The quantitative estimate of drug-likeness (QED) is 0.683. The number of benzene rings is 2. The standard InChI is InChI=1S/C13H13NO/c15-13-5-1-3-9-10-4-2-8-14-12(10)7-6-11(9)13/h1,3,5-7,14-15H,2,4,8H2. The second-order valence-corrected chi connectivity index (χ2v) is 3.99. The smallest absolute Gasteiger partial charge is 0.123 e. The van der Waals surface area contributed by atoms with E-state index >= 15 is 0 Å². The van der Waals surface area contributed by atoms with E-state index in [0.29, 0.717) is 5.75 Å². The molecule has 0 saturated carbocycles. The highest BCUT2D eigenvalue weighted by molar-refractivity contribution is 5.94. The minimum atomic E-state index is 0.376. The number of fused-ring (bicyclic) bond motifs is 3. The minimum Gasteiger partial charge on any atom is -0.507 e. The molecule has 0 aliphatic carbocycles. The zero-order valence-corrected chi connectivity index (χ0v) is 8.46. The molecule has 1 heterocycles. The highest BCUT2D eigenvalue weighted by Gasteiger charge is 2.12. The minimum absolute atomic E-state index is 0.376. The van der Waals surface area contributed by atoms with Crippen LogP contribution in [-0.4, -0.2) is 11.7 Å². The van der Waals surface area contributed by atoms with E-state index in [1.54, 1.807) is 6.07 Å². The molecule has 0 bridgehead atoms. The molecule has 2 nitrogen and oxygen atoms in total. The number of phenols is 1. The number of anilines is 1. The Morgan fingerprint density at radius 3 is 2.93 bits per heavy atom. The van der Waals surface area contributed by atoms with E-state index in [1.807, 2.05) is 12.1 Å². The molecular formula is C13H13NO. The van der Waals surface area contributed by atoms with Gasteiger partial charge in [0.1, 0.15) is 5.75 Å². The van der Waals surface area contributed by atoms with Gasteiger partial charge in [-0.25, -0.2) is 0 Å². The van der Waals surface area contributed by atoms with Gasteiger partial charge in [0.25, 0.3) is 0 Å². The second-order valence-electron chi connectivity index (χ2n) is 3.99. The number of phenolic OH excluding ortho intramolecular Hbond substituents is 1. The van der Waals surface area contributed by atoms with Gasteiger partial charge >= 0.3 is 0 Å². The molecular weight excluding hydrogens is 186 g/mol. The van der Waals surface area contributed by atoms with Crippen LogP contribution in [0.25, 0.3) is 10.8 Å². The number of hydrogen-bond donors (Lipinski definition) is 2. The van der Waals surface area contributed by atoms with Crippen molar-refractivity contribution in [1.82, 2.24) is 0 Å². The lowest BCUT2D eigenvalue weighted by Crippen LogP contribution is -2.11. The van der Waals surface area contributed by atoms with Crippen molar-refractivity contribution in [2.45, 2.75) is 12.8 Å². The fraction of sp³-hybridized carbons (Fsp3) is 0.231. The molecule has 1 aliphatic rings. The molecule has 15 heavy (non-hydrogen) atoms. The van der Waals surface area contributed by atoms with Crippen molar-refractivity contribution in [3.63, 3.8) is 0 Å². The van der Waals surface area contributed by atoms with Crippen LogP contribution < -0.4 is 5.32 Å². The third-order valence-electron chi connectivity index (χ3n) is 3.07. The van der Waals surface area contributed by atoms with Crippen LogP contribution in [0.5, 0.6) is 5.75 Å². The zero-order chi connectivity index (χ0) is 10.3. The van der Waals surface area contributed by atoms with Gasteiger partial charge in [-0.2, -0.15) is 0 Å². The van der Waals surface area contributed by atoms with E-state index < -0.39 is 0 Å². The average Bonchev–Trinajstić information content (AvgIpc) is 2.29. The molecule has 3 rings (SSSR count). The SMILES string of the molecule is Oc1cccc2c3c(ccc12)NCCC3. The number of rotatable bonds is 0. The molecule has 0 fully saturated rings. The third kappa shape index (κ3) is 1.25. The van der Waals surface area contributed by atoms with E-state index in [2.05, 4.69) is 17.4 Å². The number of aromatic hydroxyl groups is 1. The first-order chi connectivity index (χ1) is 7.36. The summed E-state index contributed by atoms with van der Waals surface area (Å²) in [5.74, 6) is 0.376. The van der Waals surface area contributed by atoms with Crippen molar-refractivity contribution in [2.75, 3.05) is 11.9 Å². The topological polar surface area (TPSA) is 32.3 Å². The molecule has 0 atom stereocenters. The van der Waals surface area contributed by atoms with Gasteiger partial charge in [0.2, 0.25) is 0 Å². The normalized spacial score (nSPS) is 14.7. The molecule has 2 heteroatoms. The summed E-state index contributed by atoms with van der Waals surface area (Å²) >= 11 is 0. The lowest BCUT2D eigenvalue weighted by atomic mass is 9.96. The van der Waals surface area contributed by atoms with E-state index in [-0.39, 0.29) is 0 Å². The average molecular weight is 199 g/mol. The molecule has 0 aromatic heterocycles. The summed E-state index contributed by atoms with van der Waals surface area (Å²) in [6, 6.07) is 9.79. The first-order valence-corrected chi connectivity index (χ1v) is 5.34. The van der Waals surface area contributed by atoms with E-state index in [4.69, 9.17) is 0 Å². The fourth-order valence-corrected chi connectivity index (χ4v) is 2.33. The van der Waals surface area contributed by atoms with E-state index in [9.17, 15) is 5.11 Å². The van der Waals surface area contributed by atoms with Crippen molar-refractivity contribution in [3.8, 4) is 5.75 Å². The van der Waals surface area contributed by atoms with Crippen LogP contribution in [0.3, 0.4) is 0 Å². The number of hydrogen-bond acceptors (Lipinski definition) is 2. The molecule has 0 amide bonds. The Balaban J connectivity index is 2.36. The monoisotopic (exact) mass is 199 g/mol. The van der Waals surface area contributed by atoms with Crippen molar-refractivity contribution >= 4 is 16.5 Å². The molecule has 76 valence electrons. The molecule has 1 aliphatic heterocycles. The van der Waals surface area contributed by atoms with Gasteiger partial charge in [-0.3, -0.25) is 0 Å². The second kappa shape index (κ2) is 3.16. The Morgan fingerprint density at radius 1 is 1.07 bits per heavy atom. The highest BCUT2D eigenvalue weighted by Crippen LogP contribution is 2.33. The van der Waals surface area contributed by atoms with Gasteiger partial charge in [-0.05, 0) is 42.0 Å². The summed E-state index contributed by atoms with van der Waals surface area (Å²) in [7, 11) is 0. The Morgan fingerprint density at radius 2 is 2.00 bits per heavy atom. The highest BCUT2D eigenvalue weighted by atomic mass is 16.3. The summed E-state index contributed by atoms with van der Waals surface area (Å²) in [5, 5.41) is 15.3. The van der Waals surface area contributed by atoms with Crippen LogP contribution in [-0.2, 0) is 6.42 Å². The lowest BCUT2D eigenvalue weighted by molar-refractivity contribution is 0.481. The lowest BCUT2D eigenvalue weighted by Gasteiger charge is -2.19. The third-order valence-corrected chi connectivity index (χ3v) is 3.07. The summed E-state index contributed by atoms with van der Waals surface area (Å²) in [5.41, 5.74) is 2.56. The molecule has 2 aromatic carbocycles. The molecule has 0 unspecified atom stereocenters. The van der Waals surface area contributed by atoms with Crippen molar-refractivity contribution < 1.29 is 5.11 Å². The van der Waals surface area contributed by atoms with Crippen LogP contribution in [0.15, 0.2) is 30.3 Å². The van der Waals surface area contributed by atoms with Gasteiger partial charge in [0, 0.05) is 17.6 Å². The fourth-order valence-electron chi connectivity index (χ4n) is 2.33. The van der Waals surface area contributed by atoms with E-state index in [0.717, 1.165) is 18.4 Å². The van der Waals surface area contributed by atoms with Crippen LogP contribution in [0.1, 0.15) is 12.0 Å². The maximum absolute atomic E-state index is 9.75. The summed E-state index contributed by atoms with van der Waals surface area (Å²) in [6.45, 7) is 1.05. The van der Waals surface area contributed by atoms with E-state index in [1.165, 1.54) is 23.1 Å². The van der Waals surface area contributed by atoms with Crippen LogP contribution in [0, 0.1) is 0 Å². The molecule has 0 saturated heterocycles. The van der Waals surface area contributed by atoms with Crippen LogP contribution in [0.4, 0.5) is 5.69 Å². The van der Waals surface area contributed by atoms with Crippen molar-refractivity contribution in [2.24, 2.45) is 0 Å². The molecule has 2 N–H and O–H groups in total. The van der Waals surface area contributed by atoms with Crippen LogP contribution >= 0.6 is 0 Å². The Hall–Kier alpha value is -1.70. The summed E-state index contributed by atoms with van der Waals surface area (Å²) < 4.78 is 0. The predicted molar refractivity (Wildman–Crippen MR) is 62.4 cm³/mol. The van der Waals surface area contributed by atoms with Gasteiger partial charge in [-0.15, -0.1) is 0 Å². The Labute approximate surface area is 88.5 Å². The maximum atomic E-state index is 9.75. The maximum Gasteiger partial charge on any atom is 0.123 e. The Kier molecular flexibility index (Phi) is 1.81. The largest absolute Gasteiger partial charge is 0.507 e. The van der Waals surface area contributed by atoms with Gasteiger partial charge < -0.3 is 10.4 Å². The number of aryl methyl sites for hydroxylation is 1. The van der Waals surface area contributed by atoms with Crippen molar-refractivity contribution in [3.05, 3.63) is 35.9 Å². The summed E-state index contributed by atoms with van der Waals surface area (Å²) in [6.07, 6.45) is 2.27. The van der Waals surface area contributed by atoms with Gasteiger partial charge in [0.05, 0.1) is 0 Å². The zero-order valence-electron chi connectivity index (χ0n) is 8.46. The van der Waals surface area contributed by atoms with Gasteiger partial charge in [0.15, 0.2) is 0 Å². The molecule has 2 aromatic rings. The summed E-state index contributed by atoms with van der Waals surface area (Å²) in [4.78, 5) is 0. The van der Waals surface area contributed by atoms with Gasteiger partial charge in [-0.1, -0.05) is 12.1 Å². The molecule has 0 spiro atoms. The predicted octanol–water partition coefficient (Wildman–Crippen LogP) is 2.90. The number of nitrogens with one attached hydrogen (secondary N) is 1. The Bertz CT molecular complexity index is 519. The first-order valence-electron chi connectivity index (χ1n) is 5.34. The van der Waals surface area contributed by atoms with Crippen molar-refractivity contribution in [1.29, 1.82) is 0 Å².